The Morgan fingerprint density at radius 2 is 1.88 bits per heavy atom. The molecule has 2 N–H and O–H groups in total. The van der Waals surface area contributed by atoms with Gasteiger partial charge in [-0.25, -0.2) is 5.43 Å². The predicted molar refractivity (Wildman–Crippen MR) is 121 cm³/mol. The highest BCUT2D eigenvalue weighted by molar-refractivity contribution is 5.86. The SMILES string of the molecule is COc1ccc(CC(=O)NCC(=O)N/N=C/c2ccc(-c3ccc([N+](=O)[O-])cc3C)o2)cc1. The van der Waals surface area contributed by atoms with Crippen molar-refractivity contribution < 1.29 is 23.7 Å². The molecule has 10 heteroatoms. The smallest absolute Gasteiger partial charge is 0.269 e. The molecule has 10 nitrogen and oxygen atoms in total. The molecule has 0 atom stereocenters. The van der Waals surface area contributed by atoms with Gasteiger partial charge in [-0.1, -0.05) is 12.1 Å². The molecule has 0 unspecified atom stereocenters. The van der Waals surface area contributed by atoms with Crippen molar-refractivity contribution in [2.75, 3.05) is 13.7 Å². The zero-order chi connectivity index (χ0) is 23.8. The van der Waals surface area contributed by atoms with Crippen LogP contribution in [-0.2, 0) is 16.0 Å². The number of nitro groups is 1. The third-order valence-corrected chi connectivity index (χ3v) is 4.66. The average Bonchev–Trinajstić information content (AvgIpc) is 3.26. The number of methoxy groups -OCH3 is 1. The summed E-state index contributed by atoms with van der Waals surface area (Å²) in [6, 6.07) is 14.9. The Balaban J connectivity index is 1.47. The number of furan rings is 1. The fourth-order valence-electron chi connectivity index (χ4n) is 2.98. The lowest BCUT2D eigenvalue weighted by atomic mass is 10.1. The number of carbonyl (C=O) groups is 2. The van der Waals surface area contributed by atoms with Crippen LogP contribution in [0.25, 0.3) is 11.3 Å². The summed E-state index contributed by atoms with van der Waals surface area (Å²) in [5.74, 6) is 0.802. The Morgan fingerprint density at radius 3 is 2.55 bits per heavy atom. The van der Waals surface area contributed by atoms with Crippen LogP contribution in [0.4, 0.5) is 5.69 Å². The first-order chi connectivity index (χ1) is 15.9. The van der Waals surface area contributed by atoms with Crippen LogP contribution in [0.2, 0.25) is 0 Å². The van der Waals surface area contributed by atoms with E-state index in [1.807, 2.05) is 0 Å². The first-order valence-electron chi connectivity index (χ1n) is 9.92. The van der Waals surface area contributed by atoms with Crippen molar-refractivity contribution in [2.24, 2.45) is 5.10 Å². The van der Waals surface area contributed by atoms with Gasteiger partial charge in [0.2, 0.25) is 5.91 Å². The first kappa shape index (κ1) is 23.2. The van der Waals surface area contributed by atoms with Gasteiger partial charge in [-0.2, -0.15) is 5.10 Å². The van der Waals surface area contributed by atoms with Crippen LogP contribution in [0.5, 0.6) is 5.75 Å². The minimum atomic E-state index is -0.493. The van der Waals surface area contributed by atoms with E-state index in [0.29, 0.717) is 28.4 Å². The van der Waals surface area contributed by atoms with Crippen LogP contribution in [-0.4, -0.2) is 36.6 Å². The van der Waals surface area contributed by atoms with Crippen molar-refractivity contribution in [2.45, 2.75) is 13.3 Å². The molecule has 0 saturated carbocycles. The summed E-state index contributed by atoms with van der Waals surface area (Å²) in [7, 11) is 1.56. The van der Waals surface area contributed by atoms with E-state index in [9.17, 15) is 19.7 Å². The van der Waals surface area contributed by atoms with Crippen molar-refractivity contribution in [3.63, 3.8) is 0 Å². The number of amides is 2. The molecule has 1 heterocycles. The number of carbonyl (C=O) groups excluding carboxylic acids is 2. The number of non-ortho nitro benzene ring substituents is 1. The Morgan fingerprint density at radius 1 is 1.12 bits per heavy atom. The van der Waals surface area contributed by atoms with Crippen molar-refractivity contribution >= 4 is 23.7 Å². The maximum Gasteiger partial charge on any atom is 0.269 e. The monoisotopic (exact) mass is 450 g/mol. The van der Waals surface area contributed by atoms with Crippen LogP contribution < -0.4 is 15.5 Å². The Hall–Kier alpha value is -4.47. The van der Waals surface area contributed by atoms with E-state index < -0.39 is 10.8 Å². The highest BCUT2D eigenvalue weighted by atomic mass is 16.6. The molecule has 0 bridgehead atoms. The summed E-state index contributed by atoms with van der Waals surface area (Å²) in [6.07, 6.45) is 1.46. The second kappa shape index (κ2) is 10.7. The normalized spacial score (nSPS) is 10.7. The number of hydrogen-bond donors (Lipinski definition) is 2. The summed E-state index contributed by atoms with van der Waals surface area (Å²) >= 11 is 0. The van der Waals surface area contributed by atoms with E-state index in [-0.39, 0.29) is 24.6 Å². The van der Waals surface area contributed by atoms with Gasteiger partial charge in [-0.15, -0.1) is 0 Å². The topological polar surface area (TPSA) is 136 Å². The largest absolute Gasteiger partial charge is 0.497 e. The van der Waals surface area contributed by atoms with Gasteiger partial charge in [-0.05, 0) is 48.4 Å². The van der Waals surface area contributed by atoms with Crippen molar-refractivity contribution in [3.05, 3.63) is 81.6 Å². The number of nitrogens with one attached hydrogen (secondary N) is 2. The van der Waals surface area contributed by atoms with E-state index in [2.05, 4.69) is 15.8 Å². The van der Waals surface area contributed by atoms with E-state index in [1.165, 1.54) is 18.3 Å². The summed E-state index contributed by atoms with van der Waals surface area (Å²) in [5.41, 5.74) is 4.52. The lowest BCUT2D eigenvalue weighted by molar-refractivity contribution is -0.384. The molecule has 3 rings (SSSR count). The number of aryl methyl sites for hydroxylation is 1. The lowest BCUT2D eigenvalue weighted by Gasteiger charge is -2.05. The summed E-state index contributed by atoms with van der Waals surface area (Å²) in [4.78, 5) is 34.3. The third kappa shape index (κ3) is 6.50. The van der Waals surface area contributed by atoms with Gasteiger partial charge >= 0.3 is 0 Å². The highest BCUT2D eigenvalue weighted by Crippen LogP contribution is 2.28. The molecular formula is C23H22N4O6. The Bertz CT molecular complexity index is 1180. The van der Waals surface area contributed by atoms with Gasteiger partial charge in [0.05, 0.1) is 31.2 Å². The van der Waals surface area contributed by atoms with Crippen LogP contribution in [0.15, 0.2) is 64.1 Å². The second-order valence-electron chi connectivity index (χ2n) is 7.05. The van der Waals surface area contributed by atoms with E-state index in [4.69, 9.17) is 9.15 Å². The minimum absolute atomic E-state index is 0.00314. The molecule has 2 amide bonds. The van der Waals surface area contributed by atoms with E-state index in [0.717, 1.165) is 5.56 Å². The first-order valence-corrected chi connectivity index (χ1v) is 9.92. The molecule has 0 fully saturated rings. The Kier molecular flexibility index (Phi) is 7.53. The molecule has 3 aromatic rings. The number of hydrazone groups is 1. The number of hydrogen-bond acceptors (Lipinski definition) is 7. The summed E-state index contributed by atoms with van der Waals surface area (Å²) in [6.45, 7) is 1.53. The van der Waals surface area contributed by atoms with Crippen LogP contribution in [0, 0.1) is 17.0 Å². The fraction of sp³-hybridized carbons (Fsp3) is 0.174. The molecule has 0 aliphatic heterocycles. The molecule has 33 heavy (non-hydrogen) atoms. The van der Waals surface area contributed by atoms with Crippen molar-refractivity contribution in [1.29, 1.82) is 0 Å². The zero-order valence-electron chi connectivity index (χ0n) is 18.0. The highest BCUT2D eigenvalue weighted by Gasteiger charge is 2.12. The molecule has 170 valence electrons. The molecule has 1 aromatic heterocycles. The van der Waals surface area contributed by atoms with Gasteiger partial charge < -0.3 is 14.5 Å². The van der Waals surface area contributed by atoms with E-state index >= 15 is 0 Å². The standard InChI is InChI=1S/C23H22N4O6/c1-15-11-17(27(30)31)5-9-20(15)21-10-8-19(33-21)13-25-26-23(29)14-24-22(28)12-16-3-6-18(32-2)7-4-16/h3-11,13H,12,14H2,1-2H3,(H,24,28)(H,26,29)/b25-13+. The minimum Gasteiger partial charge on any atom is -0.497 e. The van der Waals surface area contributed by atoms with Crippen LogP contribution >= 0.6 is 0 Å². The molecular weight excluding hydrogens is 428 g/mol. The molecule has 0 spiro atoms. The molecule has 0 radical (unpaired) electrons. The fourth-order valence-corrected chi connectivity index (χ4v) is 2.98. The second-order valence-corrected chi connectivity index (χ2v) is 7.05. The Labute approximate surface area is 189 Å². The molecule has 0 aliphatic carbocycles. The third-order valence-electron chi connectivity index (χ3n) is 4.66. The van der Waals surface area contributed by atoms with Gasteiger partial charge in [-0.3, -0.25) is 19.7 Å². The molecule has 0 aliphatic rings. The maximum absolute atomic E-state index is 12.0. The summed E-state index contributed by atoms with van der Waals surface area (Å²) < 4.78 is 10.7. The number of nitro benzene ring substituents is 1. The average molecular weight is 450 g/mol. The van der Waals surface area contributed by atoms with Crippen molar-refractivity contribution in [1.82, 2.24) is 10.7 Å². The van der Waals surface area contributed by atoms with Crippen molar-refractivity contribution in [3.8, 4) is 17.1 Å². The zero-order valence-corrected chi connectivity index (χ0v) is 18.0. The number of ether oxygens (including phenoxy) is 1. The predicted octanol–water partition coefficient (Wildman–Crippen LogP) is 2.98. The number of nitrogens with zero attached hydrogens (tertiary/aromatic N) is 2. The molecule has 0 saturated heterocycles. The van der Waals surface area contributed by atoms with Crippen LogP contribution in [0.1, 0.15) is 16.9 Å². The van der Waals surface area contributed by atoms with Gasteiger partial charge in [0.25, 0.3) is 11.6 Å². The van der Waals surface area contributed by atoms with E-state index in [1.54, 1.807) is 56.5 Å². The van der Waals surface area contributed by atoms with Crippen LogP contribution in [0.3, 0.4) is 0 Å². The maximum atomic E-state index is 12.0. The van der Waals surface area contributed by atoms with Gasteiger partial charge in [0.1, 0.15) is 17.3 Å². The molecule has 2 aromatic carbocycles. The summed E-state index contributed by atoms with van der Waals surface area (Å²) in [5, 5.41) is 17.2. The van der Waals surface area contributed by atoms with Gasteiger partial charge in [0, 0.05) is 17.7 Å². The number of benzene rings is 2. The number of rotatable bonds is 9. The quantitative estimate of drug-likeness (QED) is 0.292. The van der Waals surface area contributed by atoms with Gasteiger partial charge in [0.15, 0.2) is 0 Å². The lowest BCUT2D eigenvalue weighted by Crippen LogP contribution is -2.35.